The van der Waals surface area contributed by atoms with Gasteiger partial charge in [0.25, 0.3) is 15.7 Å². The van der Waals surface area contributed by atoms with Crippen molar-refractivity contribution in [1.82, 2.24) is 10.2 Å². The van der Waals surface area contributed by atoms with E-state index in [1.165, 1.54) is 41.3 Å². The molecule has 11 heteroatoms. The quantitative estimate of drug-likeness (QED) is 0.150. The number of anilines is 1. The van der Waals surface area contributed by atoms with Gasteiger partial charge in [0.05, 0.1) is 15.5 Å². The second-order valence-electron chi connectivity index (χ2n) is 10.6. The lowest BCUT2D eigenvalue weighted by Crippen LogP contribution is -2.53. The lowest BCUT2D eigenvalue weighted by atomic mass is 10.0. The van der Waals surface area contributed by atoms with Crippen molar-refractivity contribution < 1.29 is 22.9 Å². The molecule has 0 heterocycles. The van der Waals surface area contributed by atoms with Gasteiger partial charge in [0, 0.05) is 31.6 Å². The van der Waals surface area contributed by atoms with Crippen LogP contribution >= 0.6 is 0 Å². The standard InChI is InChI=1S/C34H36N4O6S/c1-3-22-35-34(40)32(23-27-10-6-4-7-11-27)36(24-28-16-14-26(2)15-17-28)33(39)25-37(29-18-20-30(21-19-29)38(41)42)45(43,44)31-12-8-5-9-13-31/h4-21,32H,3,22-25H2,1-2H3,(H,35,40)/t32-/m0/s1. The first-order chi connectivity index (χ1) is 21.6. The van der Waals surface area contributed by atoms with E-state index in [0.29, 0.717) is 13.0 Å². The van der Waals surface area contributed by atoms with Gasteiger partial charge in [0.1, 0.15) is 12.6 Å². The highest BCUT2D eigenvalue weighted by molar-refractivity contribution is 7.92. The molecule has 10 nitrogen and oxygen atoms in total. The lowest BCUT2D eigenvalue weighted by Gasteiger charge is -2.34. The van der Waals surface area contributed by atoms with Gasteiger partial charge in [-0.05, 0) is 48.7 Å². The summed E-state index contributed by atoms with van der Waals surface area (Å²) in [5.74, 6) is -0.963. The Labute approximate surface area is 263 Å². The normalized spacial score (nSPS) is 11.8. The topological polar surface area (TPSA) is 130 Å². The van der Waals surface area contributed by atoms with Crippen LogP contribution in [0, 0.1) is 17.0 Å². The Kier molecular flexibility index (Phi) is 11.0. The third-order valence-corrected chi connectivity index (χ3v) is 9.04. The van der Waals surface area contributed by atoms with Gasteiger partial charge >= 0.3 is 0 Å². The molecule has 4 aromatic rings. The van der Waals surface area contributed by atoms with E-state index in [1.807, 2.05) is 68.4 Å². The predicted molar refractivity (Wildman–Crippen MR) is 173 cm³/mol. The van der Waals surface area contributed by atoms with Crippen molar-refractivity contribution in [3.63, 3.8) is 0 Å². The van der Waals surface area contributed by atoms with Crippen LogP contribution in [0.2, 0.25) is 0 Å². The number of carbonyl (C=O) groups is 2. The summed E-state index contributed by atoms with van der Waals surface area (Å²) in [6.07, 6.45) is 0.899. The zero-order chi connectivity index (χ0) is 32.4. The van der Waals surface area contributed by atoms with Gasteiger partial charge in [-0.2, -0.15) is 0 Å². The van der Waals surface area contributed by atoms with Gasteiger partial charge in [0.2, 0.25) is 11.8 Å². The molecule has 1 N–H and O–H groups in total. The number of nitrogens with one attached hydrogen (secondary N) is 1. The lowest BCUT2D eigenvalue weighted by molar-refractivity contribution is -0.384. The number of hydrogen-bond acceptors (Lipinski definition) is 6. The van der Waals surface area contributed by atoms with Crippen molar-refractivity contribution in [3.8, 4) is 0 Å². The minimum Gasteiger partial charge on any atom is -0.354 e. The highest BCUT2D eigenvalue weighted by Crippen LogP contribution is 2.27. The van der Waals surface area contributed by atoms with E-state index < -0.39 is 33.4 Å². The average molecular weight is 629 g/mol. The molecule has 0 aromatic heterocycles. The molecular weight excluding hydrogens is 592 g/mol. The molecule has 0 unspecified atom stereocenters. The second kappa shape index (κ2) is 15.1. The summed E-state index contributed by atoms with van der Waals surface area (Å²) in [6, 6.07) is 28.5. The van der Waals surface area contributed by atoms with Gasteiger partial charge in [0.15, 0.2) is 0 Å². The predicted octanol–water partition coefficient (Wildman–Crippen LogP) is 5.26. The highest BCUT2D eigenvalue weighted by Gasteiger charge is 2.34. The number of nitro benzene ring substituents is 1. The second-order valence-corrected chi connectivity index (χ2v) is 12.5. The number of nitrogens with zero attached hydrogens (tertiary/aromatic N) is 3. The number of benzene rings is 4. The summed E-state index contributed by atoms with van der Waals surface area (Å²) >= 11 is 0. The van der Waals surface area contributed by atoms with Crippen LogP contribution in [-0.4, -0.2) is 49.2 Å². The maximum Gasteiger partial charge on any atom is 0.269 e. The van der Waals surface area contributed by atoms with Crippen LogP contribution < -0.4 is 9.62 Å². The molecule has 4 aromatic carbocycles. The fraction of sp³-hybridized carbons (Fsp3) is 0.235. The minimum atomic E-state index is -4.30. The Balaban J connectivity index is 1.79. The van der Waals surface area contributed by atoms with E-state index in [9.17, 15) is 28.1 Å². The van der Waals surface area contributed by atoms with Crippen molar-refractivity contribution in [2.75, 3.05) is 17.4 Å². The van der Waals surface area contributed by atoms with Gasteiger partial charge in [-0.15, -0.1) is 0 Å². The molecule has 234 valence electrons. The summed E-state index contributed by atoms with van der Waals surface area (Å²) in [5, 5.41) is 14.2. The van der Waals surface area contributed by atoms with Gasteiger partial charge in [-0.3, -0.25) is 24.0 Å². The number of aryl methyl sites for hydroxylation is 1. The SMILES string of the molecule is CCCNC(=O)[C@H](Cc1ccccc1)N(Cc1ccc(C)cc1)C(=O)CN(c1ccc([N+](=O)[O-])cc1)S(=O)(=O)c1ccccc1. The number of non-ortho nitro benzene ring substituents is 1. The minimum absolute atomic E-state index is 0.0512. The number of rotatable bonds is 14. The summed E-state index contributed by atoms with van der Waals surface area (Å²) in [7, 11) is -4.30. The van der Waals surface area contributed by atoms with Crippen molar-refractivity contribution >= 4 is 33.2 Å². The van der Waals surface area contributed by atoms with Crippen molar-refractivity contribution in [3.05, 3.63) is 136 Å². The van der Waals surface area contributed by atoms with E-state index >= 15 is 0 Å². The summed E-state index contributed by atoms with van der Waals surface area (Å²) < 4.78 is 28.9. The van der Waals surface area contributed by atoms with Crippen LogP contribution in [0.4, 0.5) is 11.4 Å². The Hall–Kier alpha value is -5.03. The van der Waals surface area contributed by atoms with E-state index in [2.05, 4.69) is 5.32 Å². The number of hydrogen-bond donors (Lipinski definition) is 1. The van der Waals surface area contributed by atoms with Crippen LogP contribution in [0.15, 0.2) is 114 Å². The Morgan fingerprint density at radius 2 is 1.44 bits per heavy atom. The van der Waals surface area contributed by atoms with Crippen LogP contribution in [0.1, 0.15) is 30.0 Å². The maximum atomic E-state index is 14.4. The molecule has 1 atom stereocenters. The van der Waals surface area contributed by atoms with Crippen molar-refractivity contribution in [2.45, 2.75) is 44.2 Å². The zero-order valence-corrected chi connectivity index (χ0v) is 26.0. The fourth-order valence-corrected chi connectivity index (χ4v) is 6.23. The number of amides is 2. The highest BCUT2D eigenvalue weighted by atomic mass is 32.2. The molecule has 2 amide bonds. The van der Waals surface area contributed by atoms with Gasteiger partial charge in [-0.25, -0.2) is 8.42 Å². The zero-order valence-electron chi connectivity index (χ0n) is 25.2. The number of nitro groups is 1. The summed E-state index contributed by atoms with van der Waals surface area (Å²) in [4.78, 5) is 40.1. The molecule has 0 aliphatic heterocycles. The Morgan fingerprint density at radius 3 is 2.02 bits per heavy atom. The molecule has 0 saturated carbocycles. The van der Waals surface area contributed by atoms with E-state index in [4.69, 9.17) is 0 Å². The number of sulfonamides is 1. The Morgan fingerprint density at radius 1 is 0.844 bits per heavy atom. The first-order valence-electron chi connectivity index (χ1n) is 14.6. The first-order valence-corrected chi connectivity index (χ1v) is 16.0. The van der Waals surface area contributed by atoms with Crippen LogP contribution in [0.25, 0.3) is 0 Å². The van der Waals surface area contributed by atoms with Crippen LogP contribution in [0.5, 0.6) is 0 Å². The van der Waals surface area contributed by atoms with Gasteiger partial charge in [-0.1, -0.05) is 85.3 Å². The van der Waals surface area contributed by atoms with Crippen LogP contribution in [-0.2, 0) is 32.6 Å². The first kappa shape index (κ1) is 32.9. The molecule has 0 saturated heterocycles. The monoisotopic (exact) mass is 628 g/mol. The summed E-state index contributed by atoms with van der Waals surface area (Å²) in [5.41, 5.74) is 2.47. The van der Waals surface area contributed by atoms with Gasteiger partial charge < -0.3 is 10.2 Å². The molecule has 4 rings (SSSR count). The molecular formula is C34H36N4O6S. The molecule has 0 radical (unpaired) electrons. The van der Waals surface area contributed by atoms with Crippen LogP contribution in [0.3, 0.4) is 0 Å². The number of carbonyl (C=O) groups excluding carboxylic acids is 2. The molecule has 0 aliphatic rings. The van der Waals surface area contributed by atoms with Crippen molar-refractivity contribution in [2.24, 2.45) is 0 Å². The molecule has 0 fully saturated rings. The van der Waals surface area contributed by atoms with Crippen molar-refractivity contribution in [1.29, 1.82) is 0 Å². The van der Waals surface area contributed by atoms with E-state index in [-0.39, 0.29) is 35.1 Å². The smallest absolute Gasteiger partial charge is 0.269 e. The third-order valence-electron chi connectivity index (χ3n) is 7.25. The van der Waals surface area contributed by atoms with E-state index in [0.717, 1.165) is 21.0 Å². The average Bonchev–Trinajstić information content (AvgIpc) is 3.05. The molecule has 0 aliphatic carbocycles. The largest absolute Gasteiger partial charge is 0.354 e. The Bertz CT molecular complexity index is 1700. The molecule has 0 bridgehead atoms. The fourth-order valence-electron chi connectivity index (χ4n) is 4.80. The maximum absolute atomic E-state index is 14.4. The molecule has 45 heavy (non-hydrogen) atoms. The third kappa shape index (κ3) is 8.54. The summed E-state index contributed by atoms with van der Waals surface area (Å²) in [6.45, 7) is 3.69. The molecule has 0 spiro atoms. The van der Waals surface area contributed by atoms with E-state index in [1.54, 1.807) is 18.2 Å².